The fraction of sp³-hybridized carbons (Fsp3) is 0.250. The molecular formula is C12H12N2O3. The first-order chi connectivity index (χ1) is 8.22. The van der Waals surface area contributed by atoms with Gasteiger partial charge in [0, 0.05) is 12.4 Å². The lowest BCUT2D eigenvalue weighted by atomic mass is 10.2. The first-order valence-electron chi connectivity index (χ1n) is 5.32. The van der Waals surface area contributed by atoms with E-state index in [4.69, 9.17) is 4.74 Å². The maximum absolute atomic E-state index is 12.0. The normalized spacial score (nSPS) is 10.4. The highest BCUT2D eigenvalue weighted by atomic mass is 16.5. The number of carbonyl (C=O) groups excluding carboxylic acids is 1. The van der Waals surface area contributed by atoms with E-state index in [1.807, 2.05) is 0 Å². The van der Waals surface area contributed by atoms with Crippen LogP contribution in [0.5, 0.6) is 0 Å². The van der Waals surface area contributed by atoms with E-state index in [0.717, 1.165) is 0 Å². The molecule has 2 heterocycles. The molecule has 0 spiro atoms. The molecule has 0 fully saturated rings. The molecule has 2 aromatic rings. The van der Waals surface area contributed by atoms with Gasteiger partial charge in [-0.05, 0) is 25.1 Å². The van der Waals surface area contributed by atoms with Crippen LogP contribution in [-0.2, 0) is 16.1 Å². The summed E-state index contributed by atoms with van der Waals surface area (Å²) in [5, 5.41) is 0.499. The third-order valence-corrected chi connectivity index (χ3v) is 2.35. The van der Waals surface area contributed by atoms with Gasteiger partial charge in [0.05, 0.1) is 17.5 Å². The number of hydrogen-bond donors (Lipinski definition) is 0. The van der Waals surface area contributed by atoms with E-state index in [1.165, 1.54) is 4.57 Å². The number of aromatic nitrogens is 2. The fourth-order valence-corrected chi connectivity index (χ4v) is 1.58. The van der Waals surface area contributed by atoms with Crippen molar-refractivity contribution in [3.63, 3.8) is 0 Å². The van der Waals surface area contributed by atoms with E-state index in [9.17, 15) is 9.59 Å². The summed E-state index contributed by atoms with van der Waals surface area (Å²) in [6.45, 7) is 1.96. The van der Waals surface area contributed by atoms with Crippen LogP contribution in [0.4, 0.5) is 0 Å². The predicted molar refractivity (Wildman–Crippen MR) is 62.6 cm³/mol. The average Bonchev–Trinajstić information content (AvgIpc) is 2.33. The van der Waals surface area contributed by atoms with Crippen LogP contribution in [0, 0.1) is 0 Å². The molecule has 2 aromatic heterocycles. The molecular weight excluding hydrogens is 220 g/mol. The molecule has 0 saturated carbocycles. The SMILES string of the molecule is CCOC(=O)Cn1ccc2ncccc2c1=O. The maximum Gasteiger partial charge on any atom is 0.326 e. The Morgan fingerprint density at radius 2 is 2.29 bits per heavy atom. The lowest BCUT2D eigenvalue weighted by Gasteiger charge is -2.06. The topological polar surface area (TPSA) is 61.2 Å². The molecule has 0 bridgehead atoms. The Morgan fingerprint density at radius 3 is 3.06 bits per heavy atom. The first kappa shape index (κ1) is 11.3. The van der Waals surface area contributed by atoms with Crippen LogP contribution in [-0.4, -0.2) is 22.1 Å². The van der Waals surface area contributed by atoms with Gasteiger partial charge in [-0.1, -0.05) is 0 Å². The third kappa shape index (κ3) is 2.33. The zero-order chi connectivity index (χ0) is 12.3. The van der Waals surface area contributed by atoms with E-state index in [0.29, 0.717) is 17.5 Å². The van der Waals surface area contributed by atoms with Crippen molar-refractivity contribution in [1.29, 1.82) is 0 Å². The van der Waals surface area contributed by atoms with E-state index >= 15 is 0 Å². The number of fused-ring (bicyclic) bond motifs is 1. The largest absolute Gasteiger partial charge is 0.465 e. The molecule has 0 aromatic carbocycles. The van der Waals surface area contributed by atoms with Crippen molar-refractivity contribution in [2.75, 3.05) is 6.61 Å². The van der Waals surface area contributed by atoms with Gasteiger partial charge < -0.3 is 9.30 Å². The number of esters is 1. The molecule has 0 aliphatic heterocycles. The van der Waals surface area contributed by atoms with Gasteiger partial charge in [-0.15, -0.1) is 0 Å². The van der Waals surface area contributed by atoms with E-state index < -0.39 is 5.97 Å². The first-order valence-corrected chi connectivity index (χ1v) is 5.32. The average molecular weight is 232 g/mol. The van der Waals surface area contributed by atoms with E-state index in [-0.39, 0.29) is 12.1 Å². The Balaban J connectivity index is 2.39. The van der Waals surface area contributed by atoms with Gasteiger partial charge in [0.25, 0.3) is 5.56 Å². The molecule has 5 nitrogen and oxygen atoms in total. The minimum Gasteiger partial charge on any atom is -0.465 e. The van der Waals surface area contributed by atoms with Gasteiger partial charge in [0.2, 0.25) is 0 Å². The summed E-state index contributed by atoms with van der Waals surface area (Å²) in [4.78, 5) is 27.4. The van der Waals surface area contributed by atoms with Gasteiger partial charge in [-0.3, -0.25) is 14.6 Å². The molecule has 17 heavy (non-hydrogen) atoms. The number of nitrogens with zero attached hydrogens (tertiary/aromatic N) is 2. The van der Waals surface area contributed by atoms with Gasteiger partial charge in [-0.2, -0.15) is 0 Å². The van der Waals surface area contributed by atoms with Crippen LogP contribution in [0.2, 0.25) is 0 Å². The van der Waals surface area contributed by atoms with E-state index in [1.54, 1.807) is 37.5 Å². The van der Waals surface area contributed by atoms with Crippen molar-refractivity contribution in [1.82, 2.24) is 9.55 Å². The van der Waals surface area contributed by atoms with Crippen molar-refractivity contribution < 1.29 is 9.53 Å². The van der Waals surface area contributed by atoms with E-state index in [2.05, 4.69) is 4.98 Å². The fourth-order valence-electron chi connectivity index (χ4n) is 1.58. The van der Waals surface area contributed by atoms with Crippen molar-refractivity contribution >= 4 is 16.9 Å². The van der Waals surface area contributed by atoms with Crippen LogP contribution in [0.25, 0.3) is 10.9 Å². The molecule has 0 aliphatic rings. The summed E-state index contributed by atoms with van der Waals surface area (Å²) in [6.07, 6.45) is 3.17. The lowest BCUT2D eigenvalue weighted by molar-refractivity contribution is -0.143. The van der Waals surface area contributed by atoms with Crippen LogP contribution in [0.15, 0.2) is 35.4 Å². The Kier molecular flexibility index (Phi) is 3.18. The summed E-state index contributed by atoms with van der Waals surface area (Å²) in [6, 6.07) is 5.08. The molecule has 2 rings (SSSR count). The predicted octanol–water partition coefficient (Wildman–Crippen LogP) is 0.960. The van der Waals surface area contributed by atoms with Gasteiger partial charge in [-0.25, -0.2) is 0 Å². The van der Waals surface area contributed by atoms with Crippen molar-refractivity contribution in [3.05, 3.63) is 40.9 Å². The van der Waals surface area contributed by atoms with Crippen LogP contribution in [0.3, 0.4) is 0 Å². The lowest BCUT2D eigenvalue weighted by Crippen LogP contribution is -2.25. The minimum atomic E-state index is -0.419. The molecule has 0 unspecified atom stereocenters. The molecule has 0 saturated heterocycles. The number of carbonyl (C=O) groups is 1. The molecule has 0 amide bonds. The number of ether oxygens (including phenoxy) is 1. The molecule has 0 aliphatic carbocycles. The maximum atomic E-state index is 12.0. The van der Waals surface area contributed by atoms with Gasteiger partial charge in [0.15, 0.2) is 0 Å². The summed E-state index contributed by atoms with van der Waals surface area (Å²) >= 11 is 0. The van der Waals surface area contributed by atoms with Crippen molar-refractivity contribution in [3.8, 4) is 0 Å². The highest BCUT2D eigenvalue weighted by Gasteiger charge is 2.07. The van der Waals surface area contributed by atoms with Crippen LogP contribution in [0.1, 0.15) is 6.92 Å². The Hall–Kier alpha value is -2.17. The monoisotopic (exact) mass is 232 g/mol. The van der Waals surface area contributed by atoms with Gasteiger partial charge in [0.1, 0.15) is 6.54 Å². The molecule has 5 heteroatoms. The Bertz CT molecular complexity index is 604. The molecule has 0 atom stereocenters. The van der Waals surface area contributed by atoms with Crippen LogP contribution >= 0.6 is 0 Å². The quantitative estimate of drug-likeness (QED) is 0.739. The smallest absolute Gasteiger partial charge is 0.326 e. The summed E-state index contributed by atoms with van der Waals surface area (Å²) in [7, 11) is 0. The second-order valence-corrected chi connectivity index (χ2v) is 3.49. The van der Waals surface area contributed by atoms with Gasteiger partial charge >= 0.3 is 5.97 Å². The molecule has 0 radical (unpaired) electrons. The third-order valence-electron chi connectivity index (χ3n) is 2.35. The second-order valence-electron chi connectivity index (χ2n) is 3.49. The minimum absolute atomic E-state index is 0.0719. The standard InChI is InChI=1S/C12H12N2O3/c1-2-17-11(15)8-14-7-5-10-9(12(14)16)4-3-6-13-10/h3-7H,2,8H2,1H3. The highest BCUT2D eigenvalue weighted by Crippen LogP contribution is 2.04. The zero-order valence-electron chi connectivity index (χ0n) is 9.42. The second kappa shape index (κ2) is 4.78. The summed E-state index contributed by atoms with van der Waals surface area (Å²) in [5.74, 6) is -0.419. The Morgan fingerprint density at radius 1 is 1.47 bits per heavy atom. The number of rotatable bonds is 3. The molecule has 0 N–H and O–H groups in total. The summed E-state index contributed by atoms with van der Waals surface area (Å²) < 4.78 is 6.12. The van der Waals surface area contributed by atoms with Crippen molar-refractivity contribution in [2.45, 2.75) is 13.5 Å². The van der Waals surface area contributed by atoms with Crippen molar-refractivity contribution in [2.24, 2.45) is 0 Å². The highest BCUT2D eigenvalue weighted by molar-refractivity contribution is 5.77. The number of hydrogen-bond acceptors (Lipinski definition) is 4. The number of pyridine rings is 2. The zero-order valence-corrected chi connectivity index (χ0v) is 9.42. The Labute approximate surface area is 97.7 Å². The van der Waals surface area contributed by atoms with Crippen LogP contribution < -0.4 is 5.56 Å². The summed E-state index contributed by atoms with van der Waals surface area (Å²) in [5.41, 5.74) is 0.390. The molecule has 88 valence electrons.